The second-order valence-corrected chi connectivity index (χ2v) is 7.68. The van der Waals surface area contributed by atoms with Crippen LogP contribution in [0.4, 0.5) is 0 Å². The lowest BCUT2D eigenvalue weighted by molar-refractivity contribution is -0.138. The number of aromatic nitrogens is 5. The highest BCUT2D eigenvalue weighted by molar-refractivity contribution is 5.74. The van der Waals surface area contributed by atoms with Gasteiger partial charge < -0.3 is 30.9 Å². The van der Waals surface area contributed by atoms with Gasteiger partial charge in [0.1, 0.15) is 24.4 Å². The maximum absolute atomic E-state index is 13.2. The van der Waals surface area contributed by atoms with Crippen LogP contribution < -0.4 is 11.3 Å². The molecule has 0 aromatic carbocycles. The van der Waals surface area contributed by atoms with Crippen molar-refractivity contribution in [3.8, 4) is 0 Å². The van der Waals surface area contributed by atoms with Crippen molar-refractivity contribution in [1.29, 1.82) is 0 Å². The molecule has 6 N–H and O–H groups in total. The zero-order valence-corrected chi connectivity index (χ0v) is 16.9. The van der Waals surface area contributed by atoms with Crippen LogP contribution in [0.2, 0.25) is 0 Å². The molecule has 1 aliphatic rings. The van der Waals surface area contributed by atoms with Crippen molar-refractivity contribution in [2.75, 3.05) is 6.61 Å². The van der Waals surface area contributed by atoms with Gasteiger partial charge in [-0.2, -0.15) is 0 Å². The number of aryl methyl sites for hydroxylation is 3. The van der Waals surface area contributed by atoms with Gasteiger partial charge in [0.15, 0.2) is 17.4 Å². The van der Waals surface area contributed by atoms with Crippen molar-refractivity contribution >= 4 is 22.9 Å². The number of aliphatic hydroxyl groups excluding tert-OH is 3. The van der Waals surface area contributed by atoms with E-state index in [2.05, 4.69) is 9.97 Å². The number of aliphatic hydroxyl groups is 3. The van der Waals surface area contributed by atoms with Crippen LogP contribution in [-0.2, 0) is 23.0 Å². The number of aliphatic carboxylic acids is 1. The molecule has 3 aromatic heterocycles. The van der Waals surface area contributed by atoms with Crippen molar-refractivity contribution in [1.82, 2.24) is 23.5 Å². The van der Waals surface area contributed by atoms with Gasteiger partial charge in [0.05, 0.1) is 24.3 Å². The fourth-order valence-corrected chi connectivity index (χ4v) is 4.03. The average Bonchev–Trinajstić information content (AvgIpc) is 3.39. The number of carbonyl (C=O) groups is 1. The summed E-state index contributed by atoms with van der Waals surface area (Å²) in [7, 11) is 1.66. The van der Waals surface area contributed by atoms with E-state index in [1.807, 2.05) is 0 Å². The lowest BCUT2D eigenvalue weighted by Crippen LogP contribution is -2.33. The molecule has 3 aromatic rings. The Labute approximate surface area is 174 Å². The van der Waals surface area contributed by atoms with Gasteiger partial charge in [0.25, 0.3) is 5.56 Å². The lowest BCUT2D eigenvalue weighted by atomic mass is 10.1. The first kappa shape index (κ1) is 21.4. The summed E-state index contributed by atoms with van der Waals surface area (Å²) in [6.45, 7) is 1.23. The highest BCUT2D eigenvalue weighted by atomic mass is 16.6. The van der Waals surface area contributed by atoms with Crippen molar-refractivity contribution in [3.05, 3.63) is 28.1 Å². The molecule has 1 unspecified atom stereocenters. The van der Waals surface area contributed by atoms with E-state index in [9.17, 15) is 24.9 Å². The SMILES string of the molecule is Cc1nc2n(C)c3c(ncn3[C@@H]3O[C@H](CO)[C@@H](O)[C@H]3O)c(=O)n2c1CCC(N)C(=O)O. The predicted octanol–water partition coefficient (Wildman–Crippen LogP) is -2.35. The summed E-state index contributed by atoms with van der Waals surface area (Å²) in [5.41, 5.74) is 6.62. The molecule has 0 amide bonds. The minimum atomic E-state index is -1.34. The first-order chi connectivity index (χ1) is 14.7. The molecule has 31 heavy (non-hydrogen) atoms. The van der Waals surface area contributed by atoms with E-state index >= 15 is 0 Å². The first-order valence-electron chi connectivity index (χ1n) is 9.71. The molecule has 1 fully saturated rings. The van der Waals surface area contributed by atoms with Crippen molar-refractivity contribution in [3.63, 3.8) is 0 Å². The molecule has 4 heterocycles. The van der Waals surface area contributed by atoms with Crippen LogP contribution in [0, 0.1) is 6.92 Å². The van der Waals surface area contributed by atoms with E-state index in [0.29, 0.717) is 22.8 Å². The molecular formula is C18H24N6O7. The molecule has 1 aliphatic heterocycles. The number of carboxylic acids is 1. The van der Waals surface area contributed by atoms with Crippen LogP contribution >= 0.6 is 0 Å². The Balaban J connectivity index is 1.85. The minimum absolute atomic E-state index is 0.0777. The van der Waals surface area contributed by atoms with E-state index in [1.165, 1.54) is 15.3 Å². The molecule has 0 saturated carbocycles. The molecule has 13 nitrogen and oxygen atoms in total. The van der Waals surface area contributed by atoms with E-state index in [0.717, 1.165) is 0 Å². The second kappa shape index (κ2) is 7.69. The van der Waals surface area contributed by atoms with Crippen molar-refractivity contribution in [2.45, 2.75) is 50.3 Å². The number of rotatable bonds is 6. The Hall–Kier alpha value is -2.84. The van der Waals surface area contributed by atoms with Crippen LogP contribution in [0.15, 0.2) is 11.1 Å². The zero-order valence-electron chi connectivity index (χ0n) is 16.9. The van der Waals surface area contributed by atoms with Crippen molar-refractivity contribution in [2.24, 2.45) is 12.8 Å². The van der Waals surface area contributed by atoms with E-state index < -0.39 is 48.7 Å². The quantitative estimate of drug-likeness (QED) is 0.279. The third-order valence-electron chi connectivity index (χ3n) is 5.75. The Morgan fingerprint density at radius 2 is 2.06 bits per heavy atom. The third kappa shape index (κ3) is 3.21. The monoisotopic (exact) mass is 436 g/mol. The summed E-state index contributed by atoms with van der Waals surface area (Å²) in [5, 5.41) is 38.8. The van der Waals surface area contributed by atoms with Gasteiger partial charge in [0, 0.05) is 7.05 Å². The van der Waals surface area contributed by atoms with Gasteiger partial charge in [-0.25, -0.2) is 14.4 Å². The van der Waals surface area contributed by atoms with E-state index in [1.54, 1.807) is 18.5 Å². The molecular weight excluding hydrogens is 412 g/mol. The van der Waals surface area contributed by atoms with Gasteiger partial charge in [-0.05, 0) is 19.8 Å². The second-order valence-electron chi connectivity index (χ2n) is 7.68. The van der Waals surface area contributed by atoms with Crippen LogP contribution in [0.25, 0.3) is 16.9 Å². The predicted molar refractivity (Wildman–Crippen MR) is 105 cm³/mol. The largest absolute Gasteiger partial charge is 0.480 e. The molecule has 168 valence electrons. The Morgan fingerprint density at radius 3 is 2.68 bits per heavy atom. The zero-order chi connectivity index (χ0) is 22.6. The summed E-state index contributed by atoms with van der Waals surface area (Å²) < 4.78 is 9.97. The Bertz CT molecular complexity index is 1210. The number of nitrogens with zero attached hydrogens (tertiary/aromatic N) is 5. The van der Waals surface area contributed by atoms with Gasteiger partial charge in [0.2, 0.25) is 5.78 Å². The summed E-state index contributed by atoms with van der Waals surface area (Å²) in [5.74, 6) is -0.832. The number of hydrogen-bond acceptors (Lipinski definition) is 9. The molecule has 0 bridgehead atoms. The van der Waals surface area contributed by atoms with Crippen LogP contribution in [0.1, 0.15) is 24.0 Å². The maximum atomic E-state index is 13.2. The molecule has 0 radical (unpaired) electrons. The third-order valence-corrected chi connectivity index (χ3v) is 5.75. The number of ether oxygens (including phenoxy) is 1. The fourth-order valence-electron chi connectivity index (χ4n) is 4.03. The Kier molecular flexibility index (Phi) is 5.31. The highest BCUT2D eigenvalue weighted by Crippen LogP contribution is 2.31. The number of hydrogen-bond donors (Lipinski definition) is 5. The summed E-state index contributed by atoms with van der Waals surface area (Å²) >= 11 is 0. The topological polar surface area (TPSA) is 190 Å². The van der Waals surface area contributed by atoms with Gasteiger partial charge in [-0.1, -0.05) is 0 Å². The Morgan fingerprint density at radius 1 is 1.35 bits per heavy atom. The molecule has 13 heteroatoms. The van der Waals surface area contributed by atoms with Crippen LogP contribution in [0.3, 0.4) is 0 Å². The number of nitrogens with two attached hydrogens (primary N) is 1. The fraction of sp³-hybridized carbons (Fsp3) is 0.556. The van der Waals surface area contributed by atoms with E-state index in [4.69, 9.17) is 15.6 Å². The van der Waals surface area contributed by atoms with Gasteiger partial charge in [-0.15, -0.1) is 0 Å². The van der Waals surface area contributed by atoms with Crippen LogP contribution in [-0.4, -0.2) is 80.9 Å². The molecule has 1 saturated heterocycles. The molecule has 0 spiro atoms. The number of carboxylic acid groups (broad SMARTS) is 1. The molecule has 5 atom stereocenters. The smallest absolute Gasteiger partial charge is 0.320 e. The summed E-state index contributed by atoms with van der Waals surface area (Å²) in [6.07, 6.45) is -2.99. The summed E-state index contributed by atoms with van der Waals surface area (Å²) in [6, 6.07) is -1.07. The standard InChI is InChI=1S/C18H24N6O7/c1-7-9(4-3-8(19)17(29)30)24-15(28)11-14(22(2)18(24)21-7)23(6-20-11)16-13(27)12(26)10(5-25)31-16/h6,8,10,12-13,16,25-27H,3-5,19H2,1-2H3,(H,29,30)/t8?,10-,12-,13-,16-/m1/s1. The lowest BCUT2D eigenvalue weighted by Gasteiger charge is -2.18. The average molecular weight is 436 g/mol. The van der Waals surface area contributed by atoms with Crippen molar-refractivity contribution < 1.29 is 30.0 Å². The maximum Gasteiger partial charge on any atom is 0.320 e. The number of imidazole rings is 2. The first-order valence-corrected chi connectivity index (χ1v) is 9.71. The molecule has 0 aliphatic carbocycles. The number of fused-ring (bicyclic) bond motifs is 2. The molecule has 4 rings (SSSR count). The normalized spacial score (nSPS) is 25.0. The van der Waals surface area contributed by atoms with Crippen LogP contribution in [0.5, 0.6) is 0 Å². The minimum Gasteiger partial charge on any atom is -0.480 e. The van der Waals surface area contributed by atoms with E-state index in [-0.39, 0.29) is 18.4 Å². The van der Waals surface area contributed by atoms with Gasteiger partial charge >= 0.3 is 5.97 Å². The van der Waals surface area contributed by atoms with Gasteiger partial charge in [-0.3, -0.25) is 18.7 Å². The summed E-state index contributed by atoms with van der Waals surface area (Å²) in [4.78, 5) is 32.9. The highest BCUT2D eigenvalue weighted by Gasteiger charge is 2.44.